The molecule has 0 aliphatic rings. The highest BCUT2D eigenvalue weighted by molar-refractivity contribution is 6.32. The van der Waals surface area contributed by atoms with Crippen LogP contribution in [0.4, 0.5) is 11.4 Å². The van der Waals surface area contributed by atoms with Crippen LogP contribution < -0.4 is 20.1 Å². The Labute approximate surface area is 155 Å². The molecule has 0 atom stereocenters. The van der Waals surface area contributed by atoms with Crippen molar-refractivity contribution in [2.45, 2.75) is 6.42 Å². The first-order valence-electron chi connectivity index (χ1n) is 7.48. The van der Waals surface area contributed by atoms with E-state index in [4.69, 9.17) is 26.3 Å². The van der Waals surface area contributed by atoms with Crippen LogP contribution in [-0.2, 0) is 9.59 Å². The highest BCUT2D eigenvalue weighted by atomic mass is 35.5. The molecule has 0 radical (unpaired) electrons. The predicted molar refractivity (Wildman–Crippen MR) is 97.6 cm³/mol. The van der Waals surface area contributed by atoms with Gasteiger partial charge in [-0.2, -0.15) is 5.26 Å². The summed E-state index contributed by atoms with van der Waals surface area (Å²) < 4.78 is 10.3. The zero-order valence-electron chi connectivity index (χ0n) is 14.1. The molecular weight excluding hydrogens is 358 g/mol. The lowest BCUT2D eigenvalue weighted by Gasteiger charge is -2.13. The molecule has 0 aromatic heterocycles. The van der Waals surface area contributed by atoms with E-state index in [9.17, 15) is 9.59 Å². The first kappa shape index (κ1) is 19.1. The van der Waals surface area contributed by atoms with Crippen molar-refractivity contribution in [3.63, 3.8) is 0 Å². The van der Waals surface area contributed by atoms with E-state index in [-0.39, 0.29) is 0 Å². The Morgan fingerprint density at radius 3 is 2.27 bits per heavy atom. The number of para-hydroxylation sites is 1. The van der Waals surface area contributed by atoms with Crippen molar-refractivity contribution in [1.29, 1.82) is 5.26 Å². The molecule has 2 N–H and O–H groups in total. The second kappa shape index (κ2) is 8.74. The topological polar surface area (TPSA) is 100 Å². The Bertz CT molecular complexity index is 877. The number of nitrogens with zero attached hydrogens (tertiary/aromatic N) is 1. The number of rotatable bonds is 6. The number of anilines is 2. The van der Waals surface area contributed by atoms with E-state index in [0.717, 1.165) is 0 Å². The minimum absolute atomic E-state index is 0.311. The quantitative estimate of drug-likeness (QED) is 0.757. The van der Waals surface area contributed by atoms with Crippen LogP contribution in [-0.4, -0.2) is 26.0 Å². The highest BCUT2D eigenvalue weighted by Crippen LogP contribution is 2.35. The third-order valence-electron chi connectivity index (χ3n) is 3.39. The summed E-state index contributed by atoms with van der Waals surface area (Å²) in [5.41, 5.74) is 0.980. The van der Waals surface area contributed by atoms with Crippen molar-refractivity contribution in [3.8, 4) is 17.6 Å². The number of methoxy groups -OCH3 is 2. The van der Waals surface area contributed by atoms with Crippen LogP contribution >= 0.6 is 11.6 Å². The Morgan fingerprint density at radius 2 is 1.65 bits per heavy atom. The standard InChI is InChI=1S/C18H16ClN3O4/c1-25-15-8-14(16(26-2)7-12(15)19)22-18(24)9-17(23)21-13-6-4-3-5-11(13)10-20/h3-8H,9H2,1-2H3,(H,21,23)(H,22,24). The minimum atomic E-state index is -0.556. The van der Waals surface area contributed by atoms with Gasteiger partial charge in [-0.3, -0.25) is 9.59 Å². The lowest BCUT2D eigenvalue weighted by molar-refractivity contribution is -0.123. The summed E-state index contributed by atoms with van der Waals surface area (Å²) in [5.74, 6) is -0.417. The molecule has 0 spiro atoms. The van der Waals surface area contributed by atoms with E-state index >= 15 is 0 Å². The van der Waals surface area contributed by atoms with E-state index in [2.05, 4.69) is 10.6 Å². The predicted octanol–water partition coefficient (Wildman–Crippen LogP) is 3.20. The summed E-state index contributed by atoms with van der Waals surface area (Å²) in [4.78, 5) is 24.2. The second-order valence-electron chi connectivity index (χ2n) is 5.12. The number of amides is 2. The van der Waals surface area contributed by atoms with E-state index < -0.39 is 18.2 Å². The maximum absolute atomic E-state index is 12.2. The van der Waals surface area contributed by atoms with Gasteiger partial charge >= 0.3 is 0 Å². The SMILES string of the molecule is COc1cc(NC(=O)CC(=O)Nc2ccccc2C#N)c(OC)cc1Cl. The zero-order valence-corrected chi connectivity index (χ0v) is 14.9. The van der Waals surface area contributed by atoms with Crippen molar-refractivity contribution in [3.05, 3.63) is 47.0 Å². The average Bonchev–Trinajstić information content (AvgIpc) is 2.63. The van der Waals surface area contributed by atoms with Gasteiger partial charge in [0.15, 0.2) is 0 Å². The lowest BCUT2D eigenvalue weighted by atomic mass is 10.2. The Morgan fingerprint density at radius 1 is 1.04 bits per heavy atom. The van der Waals surface area contributed by atoms with Gasteiger partial charge in [0.05, 0.1) is 36.2 Å². The molecule has 0 aliphatic heterocycles. The molecule has 134 valence electrons. The minimum Gasteiger partial charge on any atom is -0.495 e. The third-order valence-corrected chi connectivity index (χ3v) is 3.69. The maximum Gasteiger partial charge on any atom is 0.233 e. The summed E-state index contributed by atoms with van der Waals surface area (Å²) in [7, 11) is 2.87. The van der Waals surface area contributed by atoms with Crippen molar-refractivity contribution in [1.82, 2.24) is 0 Å². The van der Waals surface area contributed by atoms with Gasteiger partial charge in [-0.1, -0.05) is 23.7 Å². The molecular formula is C18H16ClN3O4. The number of nitriles is 1. The van der Waals surface area contributed by atoms with Crippen molar-refractivity contribution >= 4 is 34.8 Å². The van der Waals surface area contributed by atoms with Gasteiger partial charge in [0.2, 0.25) is 11.8 Å². The first-order chi connectivity index (χ1) is 12.5. The van der Waals surface area contributed by atoms with Gasteiger partial charge < -0.3 is 20.1 Å². The Kier molecular flexibility index (Phi) is 6.42. The van der Waals surface area contributed by atoms with E-state index in [1.165, 1.54) is 26.4 Å². The smallest absolute Gasteiger partial charge is 0.233 e. The number of hydrogen-bond acceptors (Lipinski definition) is 5. The molecule has 8 heteroatoms. The molecule has 0 heterocycles. The van der Waals surface area contributed by atoms with Gasteiger partial charge in [0.1, 0.15) is 24.0 Å². The van der Waals surface area contributed by atoms with Crippen molar-refractivity contribution in [2.75, 3.05) is 24.9 Å². The number of nitrogens with one attached hydrogen (secondary N) is 2. The van der Waals surface area contributed by atoms with E-state index in [0.29, 0.717) is 33.5 Å². The van der Waals surface area contributed by atoms with Gasteiger partial charge in [-0.25, -0.2) is 0 Å². The monoisotopic (exact) mass is 373 g/mol. The number of carbonyl (C=O) groups is 2. The molecule has 7 nitrogen and oxygen atoms in total. The number of benzene rings is 2. The van der Waals surface area contributed by atoms with Gasteiger partial charge in [-0.15, -0.1) is 0 Å². The van der Waals surface area contributed by atoms with Gasteiger partial charge in [0, 0.05) is 12.1 Å². The fraction of sp³-hybridized carbons (Fsp3) is 0.167. The molecule has 0 saturated heterocycles. The fourth-order valence-corrected chi connectivity index (χ4v) is 2.41. The fourth-order valence-electron chi connectivity index (χ4n) is 2.18. The molecule has 2 amide bonds. The summed E-state index contributed by atoms with van der Waals surface area (Å²) >= 11 is 6.01. The summed E-state index contributed by atoms with van der Waals surface area (Å²) in [5, 5.41) is 14.5. The first-order valence-corrected chi connectivity index (χ1v) is 7.86. The third kappa shape index (κ3) is 4.65. The molecule has 0 bridgehead atoms. The number of hydrogen-bond donors (Lipinski definition) is 2. The van der Waals surface area contributed by atoms with E-state index in [1.807, 2.05) is 6.07 Å². The number of ether oxygens (including phenoxy) is 2. The van der Waals surface area contributed by atoms with Crippen LogP contribution in [0.1, 0.15) is 12.0 Å². The van der Waals surface area contributed by atoms with Gasteiger partial charge in [-0.05, 0) is 12.1 Å². The molecule has 0 aliphatic carbocycles. The second-order valence-corrected chi connectivity index (χ2v) is 5.52. The van der Waals surface area contributed by atoms with Gasteiger partial charge in [0.25, 0.3) is 0 Å². The van der Waals surface area contributed by atoms with Crippen LogP contribution in [0.15, 0.2) is 36.4 Å². The van der Waals surface area contributed by atoms with Crippen LogP contribution in [0.25, 0.3) is 0 Å². The highest BCUT2D eigenvalue weighted by Gasteiger charge is 2.15. The van der Waals surface area contributed by atoms with Crippen LogP contribution in [0.2, 0.25) is 5.02 Å². The summed E-state index contributed by atoms with van der Waals surface area (Å²) in [6, 6.07) is 11.5. The summed E-state index contributed by atoms with van der Waals surface area (Å²) in [6.45, 7) is 0. The van der Waals surface area contributed by atoms with Crippen LogP contribution in [0.3, 0.4) is 0 Å². The number of halogens is 1. The van der Waals surface area contributed by atoms with Crippen molar-refractivity contribution < 1.29 is 19.1 Å². The molecule has 0 fully saturated rings. The van der Waals surface area contributed by atoms with Crippen LogP contribution in [0, 0.1) is 11.3 Å². The average molecular weight is 374 g/mol. The normalized spacial score (nSPS) is 9.77. The maximum atomic E-state index is 12.2. The molecule has 2 aromatic rings. The van der Waals surface area contributed by atoms with E-state index in [1.54, 1.807) is 24.3 Å². The molecule has 26 heavy (non-hydrogen) atoms. The molecule has 0 saturated carbocycles. The number of carbonyl (C=O) groups excluding carboxylic acids is 2. The molecule has 2 aromatic carbocycles. The van der Waals surface area contributed by atoms with Crippen molar-refractivity contribution in [2.24, 2.45) is 0 Å². The van der Waals surface area contributed by atoms with Crippen LogP contribution in [0.5, 0.6) is 11.5 Å². The summed E-state index contributed by atoms with van der Waals surface area (Å²) in [6.07, 6.45) is -0.437. The molecule has 0 unspecified atom stereocenters. The zero-order chi connectivity index (χ0) is 19.1. The Balaban J connectivity index is 2.07. The Hall–Kier alpha value is -3.24. The lowest BCUT2D eigenvalue weighted by Crippen LogP contribution is -2.22. The largest absolute Gasteiger partial charge is 0.495 e. The molecule has 2 rings (SSSR count).